The normalized spacial score (nSPS) is 18.0. The molecule has 7 heteroatoms. The lowest BCUT2D eigenvalue weighted by Crippen LogP contribution is -2.41. The number of carboxylic acid groups (broad SMARTS) is 1. The molecule has 0 aliphatic rings. The minimum absolute atomic E-state index is 0.804. The van der Waals surface area contributed by atoms with Gasteiger partial charge in [0.05, 0.1) is 6.61 Å². The first kappa shape index (κ1) is 11.1. The molecule has 72 valence electrons. The Balaban J connectivity index is 3.91. The summed E-state index contributed by atoms with van der Waals surface area (Å²) in [5.74, 6) is 0. The molecule has 0 fully saturated rings. The average Bonchev–Trinajstić information content (AvgIpc) is 2.00. The van der Waals surface area contributed by atoms with Crippen LogP contribution in [0.15, 0.2) is 0 Å². The third-order valence-corrected chi connectivity index (χ3v) is 1.10. The molecule has 5 N–H and O–H groups in total. The zero-order chi connectivity index (χ0) is 9.72. The van der Waals surface area contributed by atoms with E-state index in [1.165, 1.54) is 0 Å². The minimum Gasteiger partial charge on any atom is -0.450 e. The van der Waals surface area contributed by atoms with Crippen molar-refractivity contribution in [3.05, 3.63) is 0 Å². The summed E-state index contributed by atoms with van der Waals surface area (Å²) < 4.78 is 3.69. The fourth-order valence-corrected chi connectivity index (χ4v) is 0.471. The molecule has 0 saturated carbocycles. The largest absolute Gasteiger partial charge is 0.508 e. The first-order valence-electron chi connectivity index (χ1n) is 3.03. The Morgan fingerprint density at radius 2 is 1.83 bits per heavy atom. The van der Waals surface area contributed by atoms with Crippen molar-refractivity contribution in [2.75, 3.05) is 6.61 Å². The molecule has 0 aromatic rings. The predicted octanol–water partition coefficient (Wildman–Crippen LogP) is -2.29. The van der Waals surface area contributed by atoms with Gasteiger partial charge in [-0.25, -0.2) is 4.79 Å². The van der Waals surface area contributed by atoms with E-state index in [-0.39, 0.29) is 0 Å². The van der Waals surface area contributed by atoms with Gasteiger partial charge in [-0.15, -0.1) is 0 Å². The molecule has 3 unspecified atom stereocenters. The molecule has 0 aliphatic carbocycles. The number of ether oxygens (including phenoxy) is 1. The minimum atomic E-state index is -2.07. The van der Waals surface area contributed by atoms with Gasteiger partial charge in [-0.1, -0.05) is 0 Å². The Labute approximate surface area is 67.4 Å². The van der Waals surface area contributed by atoms with E-state index in [0.29, 0.717) is 0 Å². The number of hydrogen-bond donors (Lipinski definition) is 5. The maximum absolute atomic E-state index is 9.79. The van der Waals surface area contributed by atoms with Gasteiger partial charge in [0.2, 0.25) is 6.29 Å². The molecule has 0 heterocycles. The molecule has 0 saturated heterocycles. The molecule has 0 amide bonds. The second-order valence-electron chi connectivity index (χ2n) is 2.01. The van der Waals surface area contributed by atoms with Crippen molar-refractivity contribution in [1.29, 1.82) is 0 Å². The van der Waals surface area contributed by atoms with Crippen molar-refractivity contribution in [2.45, 2.75) is 18.5 Å². The third-order valence-electron chi connectivity index (χ3n) is 1.10. The van der Waals surface area contributed by atoms with Gasteiger partial charge in [0.1, 0.15) is 12.2 Å². The van der Waals surface area contributed by atoms with Crippen molar-refractivity contribution in [2.24, 2.45) is 0 Å². The summed E-state index contributed by atoms with van der Waals surface area (Å²) in [5.41, 5.74) is 0. The summed E-state index contributed by atoms with van der Waals surface area (Å²) in [6, 6.07) is 0. The Morgan fingerprint density at radius 3 is 2.17 bits per heavy atom. The highest BCUT2D eigenvalue weighted by Gasteiger charge is 2.26. The molecule has 0 aromatic heterocycles. The van der Waals surface area contributed by atoms with Crippen LogP contribution >= 0.6 is 0 Å². The van der Waals surface area contributed by atoms with Gasteiger partial charge < -0.3 is 30.3 Å². The summed E-state index contributed by atoms with van der Waals surface area (Å²) in [4.78, 5) is 9.79. The molecule has 0 rings (SSSR count). The zero-order valence-corrected chi connectivity index (χ0v) is 5.99. The molecule has 0 aromatic carbocycles. The maximum Gasteiger partial charge on any atom is 0.508 e. The fraction of sp³-hybridized carbons (Fsp3) is 0.800. The van der Waals surface area contributed by atoms with Crippen molar-refractivity contribution in [1.82, 2.24) is 0 Å². The summed E-state index contributed by atoms with van der Waals surface area (Å²) in [6.45, 7) is -0.804. The molecular weight excluding hydrogens is 172 g/mol. The van der Waals surface area contributed by atoms with Crippen LogP contribution in [0, 0.1) is 0 Å². The van der Waals surface area contributed by atoms with E-state index in [2.05, 4.69) is 4.74 Å². The maximum atomic E-state index is 9.79. The van der Waals surface area contributed by atoms with Gasteiger partial charge in [-0.05, 0) is 0 Å². The van der Waals surface area contributed by atoms with E-state index in [4.69, 9.17) is 25.5 Å². The predicted molar refractivity (Wildman–Crippen MR) is 34.2 cm³/mol. The number of hydrogen-bond acceptors (Lipinski definition) is 6. The Kier molecular flexibility index (Phi) is 4.52. The van der Waals surface area contributed by atoms with Crippen molar-refractivity contribution < 1.29 is 35.1 Å². The highest BCUT2D eigenvalue weighted by Crippen LogP contribution is 2.01. The average molecular weight is 182 g/mol. The van der Waals surface area contributed by atoms with Crippen molar-refractivity contribution in [3.63, 3.8) is 0 Å². The van der Waals surface area contributed by atoms with Crippen LogP contribution in [-0.2, 0) is 4.74 Å². The van der Waals surface area contributed by atoms with Crippen LogP contribution in [0.2, 0.25) is 0 Å². The number of carbonyl (C=O) groups is 1. The standard InChI is InChI=1S/C5H10O7/c6-1-2(7)3(8)4(9)12-5(10)11/h2-4,6-9H,1H2,(H,10,11). The second kappa shape index (κ2) is 4.88. The van der Waals surface area contributed by atoms with Crippen LogP contribution in [0.3, 0.4) is 0 Å². The third kappa shape index (κ3) is 3.49. The number of aliphatic hydroxyl groups excluding tert-OH is 4. The molecule has 0 radical (unpaired) electrons. The topological polar surface area (TPSA) is 127 Å². The fourth-order valence-electron chi connectivity index (χ4n) is 0.471. The summed E-state index contributed by atoms with van der Waals surface area (Å²) in [7, 11) is 0. The van der Waals surface area contributed by atoms with Gasteiger partial charge in [0.15, 0.2) is 0 Å². The van der Waals surface area contributed by atoms with Gasteiger partial charge in [-0.3, -0.25) is 0 Å². The lowest BCUT2D eigenvalue weighted by molar-refractivity contribution is -0.171. The molecular formula is C5H10O7. The van der Waals surface area contributed by atoms with Crippen LogP contribution in [0.25, 0.3) is 0 Å². The van der Waals surface area contributed by atoms with Crippen LogP contribution in [0.1, 0.15) is 0 Å². The molecule has 3 atom stereocenters. The highest BCUT2D eigenvalue weighted by atomic mass is 16.7. The number of aliphatic hydroxyl groups is 4. The van der Waals surface area contributed by atoms with E-state index >= 15 is 0 Å². The van der Waals surface area contributed by atoms with Gasteiger partial charge in [-0.2, -0.15) is 0 Å². The lowest BCUT2D eigenvalue weighted by atomic mass is 10.2. The van der Waals surface area contributed by atoms with Gasteiger partial charge >= 0.3 is 6.16 Å². The van der Waals surface area contributed by atoms with Crippen LogP contribution in [0.4, 0.5) is 4.79 Å². The van der Waals surface area contributed by atoms with E-state index in [1.54, 1.807) is 0 Å². The molecule has 0 aliphatic heterocycles. The van der Waals surface area contributed by atoms with Crippen LogP contribution in [0.5, 0.6) is 0 Å². The number of rotatable bonds is 4. The van der Waals surface area contributed by atoms with E-state index < -0.39 is 31.3 Å². The van der Waals surface area contributed by atoms with E-state index in [1.807, 2.05) is 0 Å². The van der Waals surface area contributed by atoms with Crippen LogP contribution in [-0.4, -0.2) is 56.8 Å². The first-order valence-corrected chi connectivity index (χ1v) is 3.03. The smallest absolute Gasteiger partial charge is 0.450 e. The Bertz CT molecular complexity index is 147. The molecule has 12 heavy (non-hydrogen) atoms. The summed E-state index contributed by atoms with van der Waals surface area (Å²) in [6.07, 6.45) is -7.35. The summed E-state index contributed by atoms with van der Waals surface area (Å²) >= 11 is 0. The Hall–Kier alpha value is -0.890. The SMILES string of the molecule is O=C(O)OC(O)C(O)C(O)CO. The van der Waals surface area contributed by atoms with Gasteiger partial charge in [0, 0.05) is 0 Å². The zero-order valence-electron chi connectivity index (χ0n) is 5.99. The molecule has 0 spiro atoms. The molecule has 0 bridgehead atoms. The van der Waals surface area contributed by atoms with E-state index in [0.717, 1.165) is 0 Å². The van der Waals surface area contributed by atoms with Crippen LogP contribution < -0.4 is 0 Å². The summed E-state index contributed by atoms with van der Waals surface area (Å²) in [5, 5.41) is 42.3. The first-order chi connectivity index (χ1) is 5.49. The monoisotopic (exact) mass is 182 g/mol. The van der Waals surface area contributed by atoms with Gasteiger partial charge in [0.25, 0.3) is 0 Å². The highest BCUT2D eigenvalue weighted by molar-refractivity contribution is 5.56. The quantitative estimate of drug-likeness (QED) is 0.244. The van der Waals surface area contributed by atoms with Crippen molar-refractivity contribution in [3.8, 4) is 0 Å². The Morgan fingerprint density at radius 1 is 1.33 bits per heavy atom. The second-order valence-corrected chi connectivity index (χ2v) is 2.01. The lowest BCUT2D eigenvalue weighted by Gasteiger charge is -2.19. The molecule has 7 nitrogen and oxygen atoms in total. The van der Waals surface area contributed by atoms with Crippen molar-refractivity contribution >= 4 is 6.16 Å². The van der Waals surface area contributed by atoms with E-state index in [9.17, 15) is 4.79 Å².